The number of nitrogens with zero attached hydrogens (tertiary/aromatic N) is 3. The van der Waals surface area contributed by atoms with Gasteiger partial charge in [0.1, 0.15) is 6.10 Å². The highest BCUT2D eigenvalue weighted by Crippen LogP contribution is 2.33. The smallest absolute Gasteiger partial charge is 0.410 e. The number of amides is 1. The third kappa shape index (κ3) is 3.39. The Balaban J connectivity index is 1.55. The van der Waals surface area contributed by atoms with E-state index in [1.165, 1.54) is 11.1 Å². The minimum Gasteiger partial charge on any atom is -0.446 e. The van der Waals surface area contributed by atoms with Crippen LogP contribution in [0.15, 0.2) is 36.7 Å². The predicted octanol–water partition coefficient (Wildman–Crippen LogP) is 2.68. The minimum atomic E-state index is -0.227. The molecule has 0 saturated carbocycles. The van der Waals surface area contributed by atoms with Crippen LogP contribution in [0.2, 0.25) is 0 Å². The van der Waals surface area contributed by atoms with Gasteiger partial charge in [-0.15, -0.1) is 0 Å². The van der Waals surface area contributed by atoms with Gasteiger partial charge in [-0.1, -0.05) is 24.3 Å². The lowest BCUT2D eigenvalue weighted by Gasteiger charge is -2.35. The van der Waals surface area contributed by atoms with Gasteiger partial charge in [-0.3, -0.25) is 4.68 Å². The maximum Gasteiger partial charge on any atom is 0.410 e. The topological polar surface area (TPSA) is 56.6 Å². The van der Waals surface area contributed by atoms with Crippen LogP contribution >= 0.6 is 0 Å². The van der Waals surface area contributed by atoms with Gasteiger partial charge in [-0.25, -0.2) is 4.79 Å². The lowest BCUT2D eigenvalue weighted by atomic mass is 9.86. The van der Waals surface area contributed by atoms with E-state index in [0.29, 0.717) is 26.3 Å². The molecule has 4 rings (SSSR count). The number of hydrogen-bond acceptors (Lipinski definition) is 4. The molecule has 1 unspecified atom stereocenters. The zero-order chi connectivity index (χ0) is 17.2. The van der Waals surface area contributed by atoms with Crippen molar-refractivity contribution in [3.8, 4) is 0 Å². The van der Waals surface area contributed by atoms with Gasteiger partial charge in [0.05, 0.1) is 19.4 Å². The molecule has 6 nitrogen and oxygen atoms in total. The molecule has 2 aliphatic heterocycles. The Labute approximate surface area is 147 Å². The summed E-state index contributed by atoms with van der Waals surface area (Å²) in [7, 11) is 1.91. The Kier molecular flexibility index (Phi) is 4.44. The highest BCUT2D eigenvalue weighted by molar-refractivity contribution is 5.69. The molecule has 1 fully saturated rings. The van der Waals surface area contributed by atoms with Crippen molar-refractivity contribution in [1.82, 2.24) is 14.7 Å². The van der Waals surface area contributed by atoms with Crippen LogP contribution in [0.4, 0.5) is 4.79 Å². The van der Waals surface area contributed by atoms with E-state index < -0.39 is 0 Å². The summed E-state index contributed by atoms with van der Waals surface area (Å²) in [5.41, 5.74) is 3.57. The van der Waals surface area contributed by atoms with Crippen LogP contribution in [-0.2, 0) is 23.1 Å². The first kappa shape index (κ1) is 16.1. The molecule has 1 saturated heterocycles. The van der Waals surface area contributed by atoms with Crippen LogP contribution in [0.5, 0.6) is 0 Å². The molecule has 2 aromatic rings. The van der Waals surface area contributed by atoms with Crippen molar-refractivity contribution in [3.05, 3.63) is 53.3 Å². The van der Waals surface area contributed by atoms with Gasteiger partial charge in [-0.05, 0) is 16.7 Å². The molecule has 1 aromatic carbocycles. The average Bonchev–Trinajstić information content (AvgIpc) is 3.08. The van der Waals surface area contributed by atoms with E-state index in [9.17, 15) is 4.79 Å². The fourth-order valence-corrected chi connectivity index (χ4v) is 3.66. The molecule has 6 heteroatoms. The summed E-state index contributed by atoms with van der Waals surface area (Å²) in [5, 5.41) is 4.30. The van der Waals surface area contributed by atoms with Crippen molar-refractivity contribution >= 4 is 6.09 Å². The number of aryl methyl sites for hydroxylation is 1. The van der Waals surface area contributed by atoms with Crippen molar-refractivity contribution in [2.24, 2.45) is 7.05 Å². The monoisotopic (exact) mass is 341 g/mol. The number of carbonyl (C=O) groups is 1. The van der Waals surface area contributed by atoms with E-state index in [1.807, 2.05) is 30.4 Å². The lowest BCUT2D eigenvalue weighted by Crippen LogP contribution is -2.41. The van der Waals surface area contributed by atoms with E-state index in [2.05, 4.69) is 23.3 Å². The Morgan fingerprint density at radius 3 is 2.84 bits per heavy atom. The Bertz CT molecular complexity index is 752. The van der Waals surface area contributed by atoms with Gasteiger partial charge in [0, 0.05) is 45.1 Å². The van der Waals surface area contributed by atoms with Crippen molar-refractivity contribution in [3.63, 3.8) is 0 Å². The molecule has 2 aliphatic rings. The molecule has 0 bridgehead atoms. The number of benzene rings is 1. The molecule has 1 atom stereocenters. The average molecular weight is 341 g/mol. The molecular formula is C19H23N3O3. The van der Waals surface area contributed by atoms with Gasteiger partial charge < -0.3 is 14.4 Å². The number of hydrogen-bond donors (Lipinski definition) is 0. The predicted molar refractivity (Wildman–Crippen MR) is 92.2 cm³/mol. The molecule has 0 spiro atoms. The summed E-state index contributed by atoms with van der Waals surface area (Å²) in [6.45, 7) is 2.54. The van der Waals surface area contributed by atoms with Crippen LogP contribution in [0.1, 0.15) is 35.4 Å². The van der Waals surface area contributed by atoms with Crippen molar-refractivity contribution in [2.75, 3.05) is 19.8 Å². The molecule has 0 N–H and O–H groups in total. The van der Waals surface area contributed by atoms with E-state index in [1.54, 1.807) is 4.68 Å². The van der Waals surface area contributed by atoms with Gasteiger partial charge in [0.2, 0.25) is 0 Å². The SMILES string of the molecule is Cn1cc(C2CN(C(=O)OC3CCOCC3)Cc3ccccc32)cn1. The Morgan fingerprint density at radius 2 is 2.08 bits per heavy atom. The van der Waals surface area contributed by atoms with Gasteiger partial charge in [-0.2, -0.15) is 5.10 Å². The van der Waals surface area contributed by atoms with E-state index >= 15 is 0 Å². The standard InChI is InChI=1S/C19H23N3O3/c1-21-11-15(10-20-21)18-13-22(12-14-4-2-3-5-17(14)18)19(23)25-16-6-8-24-9-7-16/h2-5,10-11,16,18H,6-9,12-13H2,1H3. The number of carbonyl (C=O) groups excluding carboxylic acids is 1. The second-order valence-electron chi connectivity index (χ2n) is 6.77. The molecule has 3 heterocycles. The normalized spacial score (nSPS) is 21.0. The minimum absolute atomic E-state index is 0.0322. The summed E-state index contributed by atoms with van der Waals surface area (Å²) >= 11 is 0. The zero-order valence-corrected chi connectivity index (χ0v) is 14.4. The fraction of sp³-hybridized carbons (Fsp3) is 0.474. The maximum absolute atomic E-state index is 12.7. The van der Waals surface area contributed by atoms with Crippen LogP contribution in [0, 0.1) is 0 Å². The summed E-state index contributed by atoms with van der Waals surface area (Å²) in [6.07, 6.45) is 5.21. The molecule has 1 amide bonds. The first-order valence-electron chi connectivity index (χ1n) is 8.80. The van der Waals surface area contributed by atoms with Gasteiger partial charge >= 0.3 is 6.09 Å². The van der Waals surface area contributed by atoms with Crippen LogP contribution in [0.3, 0.4) is 0 Å². The van der Waals surface area contributed by atoms with Gasteiger partial charge in [0.15, 0.2) is 0 Å². The van der Waals surface area contributed by atoms with E-state index in [4.69, 9.17) is 9.47 Å². The molecule has 1 aromatic heterocycles. The summed E-state index contributed by atoms with van der Waals surface area (Å²) in [4.78, 5) is 14.5. The number of rotatable bonds is 2. The third-order valence-corrected chi connectivity index (χ3v) is 5.02. The Morgan fingerprint density at radius 1 is 1.28 bits per heavy atom. The maximum atomic E-state index is 12.7. The molecule has 132 valence electrons. The van der Waals surface area contributed by atoms with Crippen LogP contribution in [-0.4, -0.2) is 46.6 Å². The molecule has 0 radical (unpaired) electrons. The summed E-state index contributed by atoms with van der Waals surface area (Å²) < 4.78 is 12.9. The van der Waals surface area contributed by atoms with Crippen molar-refractivity contribution < 1.29 is 14.3 Å². The second kappa shape index (κ2) is 6.88. The summed E-state index contributed by atoms with van der Waals surface area (Å²) in [6, 6.07) is 8.31. The Hall–Kier alpha value is -2.34. The fourth-order valence-electron chi connectivity index (χ4n) is 3.66. The largest absolute Gasteiger partial charge is 0.446 e. The van der Waals surface area contributed by atoms with Crippen LogP contribution < -0.4 is 0 Å². The third-order valence-electron chi connectivity index (χ3n) is 5.02. The second-order valence-corrected chi connectivity index (χ2v) is 6.77. The molecular weight excluding hydrogens is 318 g/mol. The first-order chi connectivity index (χ1) is 12.2. The number of fused-ring (bicyclic) bond motifs is 1. The molecule has 0 aliphatic carbocycles. The van der Waals surface area contributed by atoms with E-state index in [0.717, 1.165) is 18.4 Å². The van der Waals surface area contributed by atoms with Crippen LogP contribution in [0.25, 0.3) is 0 Å². The summed E-state index contributed by atoms with van der Waals surface area (Å²) in [5.74, 6) is 0.126. The van der Waals surface area contributed by atoms with Crippen molar-refractivity contribution in [2.45, 2.75) is 31.4 Å². The number of ether oxygens (including phenoxy) is 2. The zero-order valence-electron chi connectivity index (χ0n) is 14.4. The number of aromatic nitrogens is 2. The molecule has 25 heavy (non-hydrogen) atoms. The highest BCUT2D eigenvalue weighted by Gasteiger charge is 2.31. The lowest BCUT2D eigenvalue weighted by molar-refractivity contribution is -0.0118. The quantitative estimate of drug-likeness (QED) is 0.843. The highest BCUT2D eigenvalue weighted by atomic mass is 16.6. The van der Waals surface area contributed by atoms with Gasteiger partial charge in [0.25, 0.3) is 0 Å². The first-order valence-corrected chi connectivity index (χ1v) is 8.80. The van der Waals surface area contributed by atoms with Crippen molar-refractivity contribution in [1.29, 1.82) is 0 Å². The van der Waals surface area contributed by atoms with E-state index in [-0.39, 0.29) is 18.1 Å².